The van der Waals surface area contributed by atoms with Gasteiger partial charge in [-0.15, -0.1) is 0 Å². The summed E-state index contributed by atoms with van der Waals surface area (Å²) in [6.45, 7) is 1.59. The van der Waals surface area contributed by atoms with Gasteiger partial charge >= 0.3 is 0 Å². The lowest BCUT2D eigenvalue weighted by Crippen LogP contribution is -2.47. The molecule has 0 aromatic carbocycles. The van der Waals surface area contributed by atoms with E-state index in [1.165, 1.54) is 0 Å². The van der Waals surface area contributed by atoms with E-state index in [-0.39, 0.29) is 6.10 Å². The van der Waals surface area contributed by atoms with Crippen LogP contribution in [0.15, 0.2) is 6.20 Å². The summed E-state index contributed by atoms with van der Waals surface area (Å²) in [5, 5.41) is 15.0. The topological polar surface area (TPSA) is 59.8 Å². The summed E-state index contributed by atoms with van der Waals surface area (Å²) >= 11 is 0. The maximum Gasteiger partial charge on any atom is 0.162 e. The molecule has 1 aromatic rings. The molecule has 108 valence electrons. The first-order valence-electron chi connectivity index (χ1n) is 6.50. The number of aromatic nitrogens is 2. The monoisotopic (exact) mass is 269 g/mol. The molecule has 0 spiro atoms. The second-order valence-electron chi connectivity index (χ2n) is 5.39. The Morgan fingerprint density at radius 1 is 1.47 bits per heavy atom. The van der Waals surface area contributed by atoms with Crippen LogP contribution in [0.1, 0.15) is 18.5 Å². The fraction of sp³-hybridized carbons (Fsp3) is 0.769. The minimum Gasteiger partial charge on any atom is -0.493 e. The Balaban J connectivity index is 2.20. The van der Waals surface area contributed by atoms with Gasteiger partial charge in [-0.2, -0.15) is 5.10 Å². The largest absolute Gasteiger partial charge is 0.493 e. The van der Waals surface area contributed by atoms with Gasteiger partial charge in [0.2, 0.25) is 0 Å². The predicted octanol–water partition coefficient (Wildman–Crippen LogP) is 0.450. The van der Waals surface area contributed by atoms with Gasteiger partial charge in [0.1, 0.15) is 11.3 Å². The minimum absolute atomic E-state index is 0.118. The average molecular weight is 269 g/mol. The van der Waals surface area contributed by atoms with E-state index < -0.39 is 5.60 Å². The van der Waals surface area contributed by atoms with E-state index in [4.69, 9.17) is 9.47 Å². The van der Waals surface area contributed by atoms with Crippen LogP contribution in [-0.4, -0.2) is 60.8 Å². The summed E-state index contributed by atoms with van der Waals surface area (Å²) < 4.78 is 12.4. The zero-order chi connectivity index (χ0) is 14.0. The highest BCUT2D eigenvalue weighted by Crippen LogP contribution is 2.46. The summed E-state index contributed by atoms with van der Waals surface area (Å²) in [6.07, 6.45) is 2.97. The van der Waals surface area contributed by atoms with Crippen molar-refractivity contribution in [3.8, 4) is 5.75 Å². The van der Waals surface area contributed by atoms with Gasteiger partial charge in [-0.05, 0) is 14.1 Å². The molecule has 19 heavy (non-hydrogen) atoms. The van der Waals surface area contributed by atoms with Gasteiger partial charge in [0.25, 0.3) is 0 Å². The summed E-state index contributed by atoms with van der Waals surface area (Å²) in [5.41, 5.74) is -0.111. The molecule has 6 heteroatoms. The van der Waals surface area contributed by atoms with Crippen LogP contribution in [0.25, 0.3) is 0 Å². The highest BCUT2D eigenvalue weighted by molar-refractivity contribution is 5.33. The van der Waals surface area contributed by atoms with E-state index >= 15 is 0 Å². The van der Waals surface area contributed by atoms with Crippen molar-refractivity contribution in [3.05, 3.63) is 11.9 Å². The van der Waals surface area contributed by atoms with E-state index in [0.29, 0.717) is 18.6 Å². The Hall–Kier alpha value is -1.11. The zero-order valence-electron chi connectivity index (χ0n) is 12.1. The summed E-state index contributed by atoms with van der Waals surface area (Å²) in [4.78, 5) is 2.08. The fourth-order valence-electron chi connectivity index (χ4n) is 2.50. The van der Waals surface area contributed by atoms with Gasteiger partial charge in [-0.3, -0.25) is 4.68 Å². The molecule has 0 saturated heterocycles. The summed E-state index contributed by atoms with van der Waals surface area (Å²) in [7, 11) is 7.30. The molecule has 0 bridgehead atoms. The van der Waals surface area contributed by atoms with Gasteiger partial charge in [0.15, 0.2) is 5.75 Å². The van der Waals surface area contributed by atoms with Crippen LogP contribution in [0.4, 0.5) is 0 Å². The smallest absolute Gasteiger partial charge is 0.162 e. The van der Waals surface area contributed by atoms with Crippen molar-refractivity contribution < 1.29 is 14.6 Å². The average Bonchev–Trinajstić information content (AvgIpc) is 2.75. The fourth-order valence-corrected chi connectivity index (χ4v) is 2.50. The third-order valence-electron chi connectivity index (χ3n) is 3.69. The van der Waals surface area contributed by atoms with Gasteiger partial charge < -0.3 is 19.5 Å². The molecule has 2 rings (SSSR count). The minimum atomic E-state index is -0.880. The Bertz CT molecular complexity index is 425. The number of aliphatic hydroxyl groups is 1. The van der Waals surface area contributed by atoms with Crippen molar-refractivity contribution in [2.75, 3.05) is 34.9 Å². The van der Waals surface area contributed by atoms with Crippen LogP contribution in [0.3, 0.4) is 0 Å². The second-order valence-corrected chi connectivity index (χ2v) is 5.39. The normalized spacial score (nSPS) is 26.5. The van der Waals surface area contributed by atoms with Crippen molar-refractivity contribution in [2.24, 2.45) is 0 Å². The molecular formula is C13H23N3O3. The highest BCUT2D eigenvalue weighted by Gasteiger charge is 2.48. The van der Waals surface area contributed by atoms with E-state index in [9.17, 15) is 5.11 Å². The Morgan fingerprint density at radius 3 is 2.68 bits per heavy atom. The number of hydrogen-bond donors (Lipinski definition) is 1. The number of likely N-dealkylation sites (N-methyl/N-ethyl adjacent to an activating group) is 1. The van der Waals surface area contributed by atoms with Gasteiger partial charge in [-0.1, -0.05) is 0 Å². The molecule has 0 radical (unpaired) electrons. The second kappa shape index (κ2) is 5.48. The van der Waals surface area contributed by atoms with Crippen LogP contribution in [0, 0.1) is 0 Å². The molecule has 1 aliphatic carbocycles. The van der Waals surface area contributed by atoms with Crippen LogP contribution >= 0.6 is 0 Å². The standard InChI is InChI=1S/C13H23N3O3/c1-15(2)5-6-16-12(11(19-4)9-14-16)13(17)7-10(8-13)18-3/h9-10,17H,5-8H2,1-4H3. The zero-order valence-corrected chi connectivity index (χ0v) is 12.1. The van der Waals surface area contributed by atoms with E-state index in [0.717, 1.165) is 18.8 Å². The molecule has 0 atom stereocenters. The molecular weight excluding hydrogens is 246 g/mol. The van der Waals surface area contributed by atoms with Crippen LogP contribution in [0.5, 0.6) is 5.75 Å². The molecule has 6 nitrogen and oxygen atoms in total. The summed E-state index contributed by atoms with van der Waals surface area (Å²) in [5.74, 6) is 0.649. The van der Waals surface area contributed by atoms with Crippen LogP contribution in [0.2, 0.25) is 0 Å². The Kier molecular flexibility index (Phi) is 4.13. The first kappa shape index (κ1) is 14.3. The molecule has 1 fully saturated rings. The molecule has 1 N–H and O–H groups in total. The van der Waals surface area contributed by atoms with E-state index in [1.807, 2.05) is 18.8 Å². The van der Waals surface area contributed by atoms with E-state index in [2.05, 4.69) is 10.00 Å². The predicted molar refractivity (Wildman–Crippen MR) is 71.3 cm³/mol. The Labute approximate surface area is 113 Å². The van der Waals surface area contributed by atoms with Crippen molar-refractivity contribution in [3.63, 3.8) is 0 Å². The van der Waals surface area contributed by atoms with Crippen molar-refractivity contribution >= 4 is 0 Å². The van der Waals surface area contributed by atoms with E-state index in [1.54, 1.807) is 20.4 Å². The molecule has 1 heterocycles. The highest BCUT2D eigenvalue weighted by atomic mass is 16.5. The van der Waals surface area contributed by atoms with Gasteiger partial charge in [0.05, 0.1) is 26.0 Å². The van der Waals surface area contributed by atoms with Gasteiger partial charge in [0, 0.05) is 26.5 Å². The Morgan fingerprint density at radius 2 is 2.16 bits per heavy atom. The van der Waals surface area contributed by atoms with Crippen molar-refractivity contribution in [1.29, 1.82) is 0 Å². The number of methoxy groups -OCH3 is 2. The number of ether oxygens (including phenoxy) is 2. The maximum atomic E-state index is 10.7. The molecule has 1 aromatic heterocycles. The first-order chi connectivity index (χ1) is 9.00. The third kappa shape index (κ3) is 2.75. The van der Waals surface area contributed by atoms with Crippen LogP contribution in [-0.2, 0) is 16.9 Å². The lowest BCUT2D eigenvalue weighted by molar-refractivity contribution is -0.138. The van der Waals surface area contributed by atoms with Crippen molar-refractivity contribution in [1.82, 2.24) is 14.7 Å². The maximum absolute atomic E-state index is 10.7. The molecule has 0 amide bonds. The molecule has 1 saturated carbocycles. The lowest BCUT2D eigenvalue weighted by atomic mass is 9.75. The molecule has 1 aliphatic rings. The number of nitrogens with zero attached hydrogens (tertiary/aromatic N) is 3. The number of hydrogen-bond acceptors (Lipinski definition) is 5. The quantitative estimate of drug-likeness (QED) is 0.812. The third-order valence-corrected chi connectivity index (χ3v) is 3.69. The van der Waals surface area contributed by atoms with Gasteiger partial charge in [-0.25, -0.2) is 0 Å². The summed E-state index contributed by atoms with van der Waals surface area (Å²) in [6, 6.07) is 0. The molecule has 0 aliphatic heterocycles. The lowest BCUT2D eigenvalue weighted by Gasteiger charge is -2.43. The molecule has 0 unspecified atom stereocenters. The van der Waals surface area contributed by atoms with Crippen molar-refractivity contribution in [2.45, 2.75) is 31.1 Å². The van der Waals surface area contributed by atoms with Crippen LogP contribution < -0.4 is 4.74 Å². The number of rotatable bonds is 6. The SMILES string of the molecule is COc1cnn(CCN(C)C)c1C1(O)CC(OC)C1. The first-order valence-corrected chi connectivity index (χ1v) is 6.50.